The Morgan fingerprint density at radius 2 is 0.596 bits per heavy atom. The van der Waals surface area contributed by atoms with Crippen LogP contribution in [0.2, 0.25) is 0 Å². The van der Waals surface area contributed by atoms with Crippen molar-refractivity contribution in [3.8, 4) is 0 Å². The van der Waals surface area contributed by atoms with Crippen LogP contribution in [0.3, 0.4) is 0 Å². The van der Waals surface area contributed by atoms with Crippen molar-refractivity contribution in [2.75, 3.05) is 133 Å². The third kappa shape index (κ3) is 30.6. The first-order valence-corrected chi connectivity index (χ1v) is 33.2. The summed E-state index contributed by atoms with van der Waals surface area (Å²) in [6.07, 6.45) is -9.98. The van der Waals surface area contributed by atoms with Crippen molar-refractivity contribution in [1.29, 1.82) is 0 Å². The van der Waals surface area contributed by atoms with Crippen molar-refractivity contribution in [3.05, 3.63) is 177 Å². The summed E-state index contributed by atoms with van der Waals surface area (Å²) >= 11 is 0. The van der Waals surface area contributed by atoms with Crippen molar-refractivity contribution in [2.24, 2.45) is 27.1 Å². The zero-order chi connectivity index (χ0) is 128. The van der Waals surface area contributed by atoms with Gasteiger partial charge in [0.1, 0.15) is 0 Å². The van der Waals surface area contributed by atoms with Crippen LogP contribution >= 0.6 is 0 Å². The average Bonchev–Trinajstić information content (AvgIpc) is 0.732. The first-order chi connectivity index (χ1) is 73.1. The molecule has 15 heteroatoms. The van der Waals surface area contributed by atoms with Crippen LogP contribution in [-0.2, 0) is 79.8 Å². The number of nitrogens with zero attached hydrogens (tertiary/aromatic N) is 5. The number of ether oxygens (including phenoxy) is 5. The molecule has 0 unspecified atom stereocenters. The smallest absolute Gasteiger partial charge is 0.306 e. The summed E-state index contributed by atoms with van der Waals surface area (Å²) < 4.78 is 499. The lowest BCUT2D eigenvalue weighted by Crippen LogP contribution is -2.40. The molecule has 5 saturated heterocycles. The van der Waals surface area contributed by atoms with Crippen LogP contribution < -0.4 is 0 Å². The van der Waals surface area contributed by atoms with E-state index in [1.165, 1.54) is 41.8 Å². The van der Waals surface area contributed by atoms with E-state index in [1.54, 1.807) is 44.2 Å². The van der Waals surface area contributed by atoms with Gasteiger partial charge in [-0.25, -0.2) is 0 Å². The van der Waals surface area contributed by atoms with E-state index in [1.807, 2.05) is 0 Å². The Bertz CT molecular complexity index is 6070. The molecule has 0 aliphatic carbocycles. The molecule has 0 radical (unpaired) electrons. The number of piperidine rings is 5. The summed E-state index contributed by atoms with van der Waals surface area (Å²) in [6.45, 7) is -45.7. The first-order valence-electron chi connectivity index (χ1n) is 63.2. The molecule has 15 nitrogen and oxygen atoms in total. The standard InChI is InChI=1S/4C18H27NO2.C17H25NO2/c4*1-4-21-17(20)14-18(8-10-19(3)11-9-18)13-16-7-5-6-15(2)12-16;1-3-20-16(19)14-17(9-11-18(2)12-10-17)13-15-7-5-4-6-8-15/h4*5-7,12H,4,8-11,13-14H2,1-3H3;4-8H,3,9-14H2,1-2H3/i1D3,3D3,4D2,5D,6D,7D,10D2,11D2,12D;1D3,4D2,5D,6D,7D,10D2,11D2,12D;3D3,5D,6D,7D,10D2,11D2,12D;5D,6D,7D,10D2,11D2,12D;1D3,2D3,3D2,11D2,12D2. The largest absolute Gasteiger partial charge is 0.466 e. The van der Waals surface area contributed by atoms with E-state index in [0.29, 0.717) is 5.56 Å². The zero-order valence-corrected chi connectivity index (χ0v) is 59.8. The highest BCUT2D eigenvalue weighted by Gasteiger charge is 2.41. The summed E-state index contributed by atoms with van der Waals surface area (Å²) in [5, 5.41) is 0. The van der Waals surface area contributed by atoms with Gasteiger partial charge < -0.3 is 48.2 Å². The van der Waals surface area contributed by atoms with E-state index in [4.69, 9.17) is 91.7 Å². The predicted molar refractivity (Wildman–Crippen MR) is 422 cm³/mol. The Hall–Kier alpha value is -6.75. The molecule has 104 heavy (non-hydrogen) atoms. The molecule has 5 aromatic carbocycles. The topological polar surface area (TPSA) is 148 Å². The van der Waals surface area contributed by atoms with Gasteiger partial charge in [-0.1, -0.05) is 149 Å². The van der Waals surface area contributed by atoms with Gasteiger partial charge in [-0.2, -0.15) is 0 Å². The normalized spacial score (nSPS) is 32.9. The van der Waals surface area contributed by atoms with E-state index in [-0.39, 0.29) is 165 Å². The number of carbonyl (C=O) groups excluding carboxylic acids is 5. The number of carbonyl (C=O) groups is 5. The van der Waals surface area contributed by atoms with Gasteiger partial charge in [0, 0.05) is 52.1 Å². The van der Waals surface area contributed by atoms with Crippen LogP contribution in [0.1, 0.15) is 263 Å². The van der Waals surface area contributed by atoms with Gasteiger partial charge in [0.15, 0.2) is 0 Å². The van der Waals surface area contributed by atoms with Crippen LogP contribution in [0.15, 0.2) is 127 Å². The maximum absolute atomic E-state index is 12.8. The maximum atomic E-state index is 12.8. The second-order valence-corrected chi connectivity index (χ2v) is 26.0. The summed E-state index contributed by atoms with van der Waals surface area (Å²) in [6, 6.07) is 2.68. The van der Waals surface area contributed by atoms with Crippen molar-refractivity contribution in [2.45, 2.75) is 191 Å². The van der Waals surface area contributed by atoms with E-state index >= 15 is 0 Å². The third-order valence-corrected chi connectivity index (χ3v) is 17.0. The van der Waals surface area contributed by atoms with E-state index in [2.05, 4.69) is 14.2 Å². The number of hydrogen-bond donors (Lipinski definition) is 0. The monoisotopic (exact) mass is 1490 g/mol. The van der Waals surface area contributed by atoms with E-state index in [0.717, 1.165) is 9.80 Å². The van der Waals surface area contributed by atoms with Crippen LogP contribution in [0.5, 0.6) is 0 Å². The lowest BCUT2D eigenvalue weighted by atomic mass is 9.71. The molecule has 5 aliphatic rings. The fraction of sp³-hybridized carbons (Fsp3) is 0.607. The maximum Gasteiger partial charge on any atom is 0.306 e. The fourth-order valence-electron chi connectivity index (χ4n) is 11.9. The molecule has 0 N–H and O–H groups in total. The van der Waals surface area contributed by atoms with Crippen LogP contribution in [0.25, 0.3) is 0 Å². The summed E-state index contributed by atoms with van der Waals surface area (Å²) in [5.74, 6) is -5.43. The molecule has 5 aromatic rings. The highest BCUT2D eigenvalue weighted by Crippen LogP contribution is 2.43. The summed E-state index contributed by atoms with van der Waals surface area (Å²) in [7, 11) is 2.57. The summed E-state index contributed by atoms with van der Waals surface area (Å²) in [5.41, 5.74) is -6.94. The molecule has 574 valence electrons. The molecule has 0 atom stereocenters. The number of esters is 5. The van der Waals surface area contributed by atoms with Crippen molar-refractivity contribution >= 4 is 29.8 Å². The van der Waals surface area contributed by atoms with Crippen LogP contribution in [-0.4, -0.2) is 187 Å². The van der Waals surface area contributed by atoms with Crippen molar-refractivity contribution in [3.63, 3.8) is 0 Å². The lowest BCUT2D eigenvalue weighted by molar-refractivity contribution is -0.147. The van der Waals surface area contributed by atoms with E-state index in [9.17, 15) is 24.0 Å². The van der Waals surface area contributed by atoms with Crippen LogP contribution in [0, 0.1) is 54.8 Å². The van der Waals surface area contributed by atoms with E-state index < -0.39 is 315 Å². The number of benzene rings is 5. The Morgan fingerprint density at radius 3 is 0.827 bits per heavy atom. The Kier molecular flexibility index (Phi) is 14.4. The molecule has 0 bridgehead atoms. The molecule has 5 aliphatic heterocycles. The molecule has 5 heterocycles. The number of hydrogen-bond acceptors (Lipinski definition) is 15. The SMILES string of the molecule is [2H]C([2H])([2H])N1C([2H])([2H])CC(CC(=O)OC([2H])([2H])C([2H])([2H])[2H])(Cc2ccccc2)CC1([2H])[2H].[2H]c1c([2H])c(C)c([2H])c(CC2(CC(=O)OC([2H])([2H])C([2H])([2H])[2H])CC([2H])([2H])N(C([2H])([2H])[2H])C([2H])([2H])C2)c1[2H].[2H]c1c([2H])c(C)c([2H])c(CC2(CC(=O)OC([2H])([2H])C([2H])([2H])[2H])CC([2H])([2H])N(C)C([2H])([2H])C2)c1[2H].[2H]c1c([2H])c(C)c([2H])c(CC2(CC(=O)OCC)CC([2H])([2H])N(C([2H])([2H])[2H])C([2H])([2H])C2)c1[2H].[2H]c1c([2H])c(C)c([2H])c(CC2(CC(=O)OCC)CC([2H])([2H])N(C)C([2H])([2H])C2)c1[2H]. The molecule has 0 spiro atoms. The number of likely N-dealkylation sites (tertiary alicyclic amines) is 5. The minimum atomic E-state index is -3.44. The fourth-order valence-corrected chi connectivity index (χ4v) is 11.9. The minimum absolute atomic E-state index is 0.00147. The lowest BCUT2D eigenvalue weighted by Gasteiger charge is -2.40. The van der Waals surface area contributed by atoms with Gasteiger partial charge in [0.05, 0.1) is 95.2 Å². The first kappa shape index (κ1) is 34.2. The van der Waals surface area contributed by atoms with Gasteiger partial charge in [-0.05, 0) is 313 Å². The quantitative estimate of drug-likeness (QED) is 0.0403. The predicted octanol–water partition coefficient (Wildman–Crippen LogP) is 15.7. The van der Waals surface area contributed by atoms with Gasteiger partial charge >= 0.3 is 29.8 Å². The molecule has 10 rings (SSSR count). The molecule has 5 fully saturated rings. The third-order valence-electron chi connectivity index (χ3n) is 17.0. The molecule has 0 saturated carbocycles. The van der Waals surface area contributed by atoms with Crippen molar-refractivity contribution in [1.82, 2.24) is 24.5 Å². The summed E-state index contributed by atoms with van der Waals surface area (Å²) in [4.78, 5) is 65.1. The Morgan fingerprint density at radius 1 is 0.365 bits per heavy atom. The minimum Gasteiger partial charge on any atom is -0.466 e. The highest BCUT2D eigenvalue weighted by atomic mass is 16.5. The number of rotatable bonds is 25. The molecule has 0 amide bonds. The second kappa shape index (κ2) is 43.8. The van der Waals surface area contributed by atoms with Crippen molar-refractivity contribution < 1.29 is 130 Å². The van der Waals surface area contributed by atoms with Gasteiger partial charge in [-0.3, -0.25) is 24.0 Å². The van der Waals surface area contributed by atoms with Crippen LogP contribution in [0.4, 0.5) is 0 Å². The molecular formula is C89H133N5O10. The second-order valence-electron chi connectivity index (χ2n) is 26.0. The Labute approximate surface area is 712 Å². The van der Waals surface area contributed by atoms with Gasteiger partial charge in [0.2, 0.25) is 0 Å². The zero-order valence-electron chi connectivity index (χ0n) is 120. The van der Waals surface area contributed by atoms with Gasteiger partial charge in [-0.15, -0.1) is 0 Å². The molecular weight excluding hydrogens is 1300 g/mol. The highest BCUT2D eigenvalue weighted by molar-refractivity contribution is 5.72. The van der Waals surface area contributed by atoms with Gasteiger partial charge in [0.25, 0.3) is 0 Å². The Balaban J connectivity index is 0.000000312. The molecule has 0 aromatic heterocycles. The average molecular weight is 1490 g/mol.